The molecule has 0 saturated heterocycles. The molecule has 122 valence electrons. The average Bonchev–Trinajstić information content (AvgIpc) is 3.31. The predicted molar refractivity (Wildman–Crippen MR) is 89.8 cm³/mol. The molecule has 2 aliphatic rings. The fourth-order valence-corrected chi connectivity index (χ4v) is 4.57. The summed E-state index contributed by atoms with van der Waals surface area (Å²) in [6.07, 6.45) is 12.7. The summed E-state index contributed by atoms with van der Waals surface area (Å²) in [5.41, 5.74) is -0.481. The molecule has 0 radical (unpaired) electrons. The van der Waals surface area contributed by atoms with Crippen LogP contribution in [0.3, 0.4) is 0 Å². The van der Waals surface area contributed by atoms with Crippen molar-refractivity contribution in [2.75, 3.05) is 12.9 Å². The van der Waals surface area contributed by atoms with E-state index in [2.05, 4.69) is 17.1 Å². The molecule has 2 saturated carbocycles. The Morgan fingerprint density at radius 1 is 1.19 bits per heavy atom. The summed E-state index contributed by atoms with van der Waals surface area (Å²) in [6.45, 7) is 2.01. The summed E-state index contributed by atoms with van der Waals surface area (Å²) in [7, 11) is 1.49. The summed E-state index contributed by atoms with van der Waals surface area (Å²) in [4.78, 5) is 12.0. The molecule has 0 heterocycles. The van der Waals surface area contributed by atoms with Crippen LogP contribution >= 0.6 is 11.8 Å². The van der Waals surface area contributed by atoms with Crippen LogP contribution in [0.5, 0.6) is 0 Å². The van der Waals surface area contributed by atoms with Crippen LogP contribution < -0.4 is 5.32 Å². The Kier molecular flexibility index (Phi) is 6.87. The molecule has 21 heavy (non-hydrogen) atoms. The number of unbranched alkanes of at least 4 members (excludes halogenated alkanes) is 1. The first kappa shape index (κ1) is 17.1. The second kappa shape index (κ2) is 8.42. The first-order chi connectivity index (χ1) is 10.1. The molecule has 4 heteroatoms. The maximum absolute atomic E-state index is 12.0. The molecule has 0 aromatic heterocycles. The van der Waals surface area contributed by atoms with Gasteiger partial charge in [-0.2, -0.15) is 11.8 Å². The van der Waals surface area contributed by atoms with Gasteiger partial charge in [0, 0.05) is 11.3 Å². The van der Waals surface area contributed by atoms with Crippen molar-refractivity contribution in [1.29, 1.82) is 0 Å². The number of carbonyl (C=O) groups excluding carboxylic acids is 1. The fourth-order valence-electron chi connectivity index (χ4n) is 3.20. The number of methoxy groups -OCH3 is 1. The van der Waals surface area contributed by atoms with Crippen molar-refractivity contribution in [3.05, 3.63) is 0 Å². The molecule has 0 aromatic rings. The lowest BCUT2D eigenvalue weighted by Gasteiger charge is -2.28. The molecule has 0 aliphatic heterocycles. The first-order valence-electron chi connectivity index (χ1n) is 8.62. The number of rotatable bonds is 9. The summed E-state index contributed by atoms with van der Waals surface area (Å²) < 4.78 is 4.99. The van der Waals surface area contributed by atoms with Gasteiger partial charge < -0.3 is 4.74 Å². The van der Waals surface area contributed by atoms with E-state index in [1.54, 1.807) is 0 Å². The first-order valence-corrected chi connectivity index (χ1v) is 9.66. The monoisotopic (exact) mass is 313 g/mol. The van der Waals surface area contributed by atoms with E-state index < -0.39 is 5.54 Å². The van der Waals surface area contributed by atoms with Crippen molar-refractivity contribution < 1.29 is 9.53 Å². The second-order valence-corrected chi connectivity index (χ2v) is 8.24. The minimum Gasteiger partial charge on any atom is -0.468 e. The quantitative estimate of drug-likeness (QED) is 0.517. The van der Waals surface area contributed by atoms with Crippen molar-refractivity contribution >= 4 is 17.7 Å². The molecule has 0 aromatic carbocycles. The van der Waals surface area contributed by atoms with Gasteiger partial charge in [0.1, 0.15) is 5.54 Å². The van der Waals surface area contributed by atoms with Crippen LogP contribution in [0, 0.1) is 0 Å². The second-order valence-electron chi connectivity index (χ2n) is 6.83. The third-order valence-corrected chi connectivity index (χ3v) is 6.18. The Balaban J connectivity index is 1.63. The van der Waals surface area contributed by atoms with E-state index in [1.807, 2.05) is 6.92 Å². The van der Waals surface area contributed by atoms with Crippen LogP contribution in [-0.4, -0.2) is 35.7 Å². The van der Waals surface area contributed by atoms with E-state index in [0.717, 1.165) is 18.1 Å². The molecular weight excluding hydrogens is 282 g/mol. The third-order valence-electron chi connectivity index (χ3n) is 4.71. The van der Waals surface area contributed by atoms with Gasteiger partial charge in [-0.3, -0.25) is 10.1 Å². The molecule has 0 bridgehead atoms. The summed E-state index contributed by atoms with van der Waals surface area (Å²) in [5.74, 6) is 1.14. The zero-order chi connectivity index (χ0) is 15.1. The highest BCUT2D eigenvalue weighted by molar-refractivity contribution is 7.99. The lowest BCUT2D eigenvalue weighted by molar-refractivity contribution is -0.148. The van der Waals surface area contributed by atoms with Gasteiger partial charge in [-0.15, -0.1) is 0 Å². The number of hydrogen-bond donors (Lipinski definition) is 1. The highest BCUT2D eigenvalue weighted by atomic mass is 32.2. The Morgan fingerprint density at radius 3 is 2.52 bits per heavy atom. The normalized spacial score (nSPS) is 22.8. The number of thioether (sulfide) groups is 1. The summed E-state index contributed by atoms with van der Waals surface area (Å²) in [5, 5.41) is 4.38. The van der Waals surface area contributed by atoms with Gasteiger partial charge in [-0.05, 0) is 51.2 Å². The largest absolute Gasteiger partial charge is 0.468 e. The van der Waals surface area contributed by atoms with E-state index in [9.17, 15) is 4.79 Å². The molecule has 1 unspecified atom stereocenters. The van der Waals surface area contributed by atoms with Gasteiger partial charge >= 0.3 is 5.97 Å². The molecule has 2 fully saturated rings. The Hall–Kier alpha value is -0.220. The van der Waals surface area contributed by atoms with Gasteiger partial charge in [-0.25, -0.2) is 0 Å². The van der Waals surface area contributed by atoms with Crippen LogP contribution in [-0.2, 0) is 9.53 Å². The van der Waals surface area contributed by atoms with Crippen LogP contribution in [0.2, 0.25) is 0 Å². The highest BCUT2D eigenvalue weighted by Crippen LogP contribution is 2.30. The lowest BCUT2D eigenvalue weighted by atomic mass is 9.95. The van der Waals surface area contributed by atoms with Crippen molar-refractivity contribution in [2.24, 2.45) is 0 Å². The minimum absolute atomic E-state index is 0.102. The number of esters is 1. The SMILES string of the molecule is COC(=O)C(C)(CCCCSC1CCCCC1)NC1CC1. The number of ether oxygens (including phenoxy) is 1. The van der Waals surface area contributed by atoms with Gasteiger partial charge in [0.25, 0.3) is 0 Å². The summed E-state index contributed by atoms with van der Waals surface area (Å²) in [6, 6.07) is 0.533. The average molecular weight is 314 g/mol. The third kappa shape index (κ3) is 5.82. The zero-order valence-corrected chi connectivity index (χ0v) is 14.5. The Labute approximate surface area is 134 Å². The molecular formula is C17H31NO2S. The van der Waals surface area contributed by atoms with Gasteiger partial charge in [0.2, 0.25) is 0 Å². The smallest absolute Gasteiger partial charge is 0.325 e. The predicted octanol–water partition coefficient (Wildman–Crippen LogP) is 3.91. The van der Waals surface area contributed by atoms with Crippen molar-refractivity contribution in [3.63, 3.8) is 0 Å². The van der Waals surface area contributed by atoms with Crippen molar-refractivity contribution in [2.45, 2.75) is 88.0 Å². The molecule has 1 N–H and O–H groups in total. The standard InChI is InChI=1S/C17H31NO2S/c1-17(16(19)20-2,18-14-10-11-14)12-6-7-13-21-15-8-4-3-5-9-15/h14-15,18H,3-13H2,1-2H3. The van der Waals surface area contributed by atoms with Gasteiger partial charge in [0.15, 0.2) is 0 Å². The highest BCUT2D eigenvalue weighted by Gasteiger charge is 2.38. The van der Waals surface area contributed by atoms with Crippen molar-refractivity contribution in [3.8, 4) is 0 Å². The van der Waals surface area contributed by atoms with E-state index in [4.69, 9.17) is 4.74 Å². The molecule has 1 atom stereocenters. The number of hydrogen-bond acceptors (Lipinski definition) is 4. The molecule has 0 amide bonds. The zero-order valence-electron chi connectivity index (χ0n) is 13.7. The van der Waals surface area contributed by atoms with E-state index >= 15 is 0 Å². The van der Waals surface area contributed by atoms with E-state index in [0.29, 0.717) is 6.04 Å². The maximum atomic E-state index is 12.0. The molecule has 2 rings (SSSR count). The fraction of sp³-hybridized carbons (Fsp3) is 0.941. The molecule has 3 nitrogen and oxygen atoms in total. The van der Waals surface area contributed by atoms with E-state index in [-0.39, 0.29) is 5.97 Å². The van der Waals surface area contributed by atoms with Crippen LogP contribution in [0.15, 0.2) is 0 Å². The maximum Gasteiger partial charge on any atom is 0.325 e. The minimum atomic E-state index is -0.481. The molecule has 2 aliphatic carbocycles. The van der Waals surface area contributed by atoms with Crippen molar-refractivity contribution in [1.82, 2.24) is 5.32 Å². The van der Waals surface area contributed by atoms with E-state index in [1.165, 1.54) is 64.2 Å². The topological polar surface area (TPSA) is 38.3 Å². The van der Waals surface area contributed by atoms with Crippen LogP contribution in [0.25, 0.3) is 0 Å². The van der Waals surface area contributed by atoms with Gasteiger partial charge in [-0.1, -0.05) is 25.7 Å². The Bertz CT molecular complexity index is 327. The Morgan fingerprint density at radius 2 is 1.90 bits per heavy atom. The molecule has 0 spiro atoms. The summed E-state index contributed by atoms with van der Waals surface area (Å²) >= 11 is 2.15. The van der Waals surface area contributed by atoms with Crippen LogP contribution in [0.4, 0.5) is 0 Å². The van der Waals surface area contributed by atoms with Crippen LogP contribution in [0.1, 0.15) is 71.1 Å². The van der Waals surface area contributed by atoms with Gasteiger partial charge in [0.05, 0.1) is 7.11 Å². The number of nitrogens with one attached hydrogen (secondary N) is 1. The number of carbonyl (C=O) groups is 1. The lowest BCUT2D eigenvalue weighted by Crippen LogP contribution is -2.51.